The van der Waals surface area contributed by atoms with Crippen LogP contribution in [0.4, 0.5) is 5.69 Å². The Balaban J connectivity index is 1.45. The molecule has 0 atom stereocenters. The van der Waals surface area contributed by atoms with Crippen molar-refractivity contribution < 1.29 is 19.1 Å². The van der Waals surface area contributed by atoms with Gasteiger partial charge in [-0.3, -0.25) is 14.7 Å². The number of amides is 1. The van der Waals surface area contributed by atoms with E-state index in [2.05, 4.69) is 9.98 Å². The minimum Gasteiger partial charge on any atom is -0.545 e. The molecule has 0 radical (unpaired) electrons. The van der Waals surface area contributed by atoms with Crippen molar-refractivity contribution in [1.29, 1.82) is 0 Å². The predicted molar refractivity (Wildman–Crippen MR) is 132 cm³/mol. The number of rotatable bonds is 6. The molecule has 0 saturated carbocycles. The van der Waals surface area contributed by atoms with Crippen molar-refractivity contribution in [1.82, 2.24) is 9.88 Å². The number of carboxylic acids is 1. The molecule has 2 aromatic heterocycles. The average Bonchev–Trinajstić information content (AvgIpc) is 3.46. The van der Waals surface area contributed by atoms with Crippen molar-refractivity contribution in [2.24, 2.45) is 4.99 Å². The minimum absolute atomic E-state index is 0.0631. The molecular formula is C27H18N3O4S-. The molecule has 1 aliphatic rings. The number of carbonyl (C=O) groups is 2. The number of nitrogens with zero attached hydrogens (tertiary/aromatic N) is 3. The number of carboxylic acid groups (broad SMARTS) is 1. The fourth-order valence-electron chi connectivity index (χ4n) is 3.53. The monoisotopic (exact) mass is 480 g/mol. The maximum Gasteiger partial charge on any atom is 0.267 e. The van der Waals surface area contributed by atoms with Gasteiger partial charge in [0.15, 0.2) is 5.17 Å². The first-order valence-corrected chi connectivity index (χ1v) is 11.5. The molecule has 1 amide bonds. The number of pyridine rings is 1. The molecule has 5 rings (SSSR count). The van der Waals surface area contributed by atoms with Crippen molar-refractivity contribution in [3.05, 3.63) is 113 Å². The zero-order valence-electron chi connectivity index (χ0n) is 18.3. The molecular weight excluding hydrogens is 462 g/mol. The highest BCUT2D eigenvalue weighted by Gasteiger charge is 2.33. The van der Waals surface area contributed by atoms with Crippen LogP contribution in [-0.2, 0) is 11.3 Å². The second-order valence-electron chi connectivity index (χ2n) is 7.66. The summed E-state index contributed by atoms with van der Waals surface area (Å²) in [4.78, 5) is 35.4. The maximum atomic E-state index is 13.3. The lowest BCUT2D eigenvalue weighted by Gasteiger charge is -2.15. The van der Waals surface area contributed by atoms with Crippen molar-refractivity contribution in [2.75, 3.05) is 0 Å². The van der Waals surface area contributed by atoms with Crippen LogP contribution in [0.2, 0.25) is 0 Å². The Labute approximate surface area is 205 Å². The Morgan fingerprint density at radius 1 is 1.06 bits per heavy atom. The lowest BCUT2D eigenvalue weighted by Crippen LogP contribution is -2.28. The Morgan fingerprint density at radius 2 is 1.91 bits per heavy atom. The van der Waals surface area contributed by atoms with E-state index >= 15 is 0 Å². The van der Waals surface area contributed by atoms with E-state index in [0.29, 0.717) is 33.7 Å². The number of amidine groups is 1. The molecule has 172 valence electrons. The topological polar surface area (TPSA) is 98.8 Å². The average molecular weight is 481 g/mol. The molecule has 35 heavy (non-hydrogen) atoms. The van der Waals surface area contributed by atoms with Crippen LogP contribution in [0.15, 0.2) is 106 Å². The van der Waals surface area contributed by atoms with Gasteiger partial charge in [-0.1, -0.05) is 42.5 Å². The number of aromatic carboxylic acids is 1. The van der Waals surface area contributed by atoms with E-state index < -0.39 is 5.97 Å². The van der Waals surface area contributed by atoms with Crippen LogP contribution >= 0.6 is 11.8 Å². The first-order valence-electron chi connectivity index (χ1n) is 10.7. The Morgan fingerprint density at radius 3 is 2.69 bits per heavy atom. The highest BCUT2D eigenvalue weighted by atomic mass is 32.2. The van der Waals surface area contributed by atoms with Crippen molar-refractivity contribution >= 4 is 40.6 Å². The molecule has 1 saturated heterocycles. The second kappa shape index (κ2) is 9.82. The smallest absolute Gasteiger partial charge is 0.267 e. The van der Waals surface area contributed by atoms with E-state index in [1.807, 2.05) is 42.5 Å². The number of hydrogen-bond acceptors (Lipinski definition) is 7. The van der Waals surface area contributed by atoms with Crippen molar-refractivity contribution in [3.8, 4) is 11.3 Å². The fourth-order valence-corrected chi connectivity index (χ4v) is 4.51. The van der Waals surface area contributed by atoms with Crippen molar-refractivity contribution in [3.63, 3.8) is 0 Å². The molecule has 2 aromatic carbocycles. The van der Waals surface area contributed by atoms with E-state index in [9.17, 15) is 14.7 Å². The molecule has 4 aromatic rings. The molecule has 1 fully saturated rings. The van der Waals surface area contributed by atoms with E-state index in [0.717, 1.165) is 11.3 Å². The van der Waals surface area contributed by atoms with Gasteiger partial charge in [-0.25, -0.2) is 4.99 Å². The molecule has 3 heterocycles. The Bertz CT molecular complexity index is 1450. The summed E-state index contributed by atoms with van der Waals surface area (Å²) in [6.45, 7) is 0.335. The molecule has 0 spiro atoms. The van der Waals surface area contributed by atoms with Crippen LogP contribution in [-0.4, -0.2) is 26.9 Å². The third-order valence-corrected chi connectivity index (χ3v) is 6.22. The number of carbonyl (C=O) groups excluding carboxylic acids is 2. The van der Waals surface area contributed by atoms with E-state index in [-0.39, 0.29) is 11.5 Å². The number of para-hydroxylation sites is 1. The molecule has 0 aliphatic carbocycles. The number of benzene rings is 2. The van der Waals surface area contributed by atoms with E-state index in [1.165, 1.54) is 23.9 Å². The van der Waals surface area contributed by atoms with Gasteiger partial charge in [0, 0.05) is 24.0 Å². The fraction of sp³-hybridized carbons (Fsp3) is 0.0370. The van der Waals surface area contributed by atoms with Gasteiger partial charge >= 0.3 is 0 Å². The molecule has 0 unspecified atom stereocenters. The van der Waals surface area contributed by atoms with E-state index in [1.54, 1.807) is 47.6 Å². The van der Waals surface area contributed by atoms with Gasteiger partial charge in [-0.15, -0.1) is 0 Å². The normalized spacial score (nSPS) is 15.8. The maximum absolute atomic E-state index is 13.3. The van der Waals surface area contributed by atoms with Gasteiger partial charge in [-0.2, -0.15) is 0 Å². The van der Waals surface area contributed by atoms with Crippen LogP contribution in [0.25, 0.3) is 17.4 Å². The predicted octanol–water partition coefficient (Wildman–Crippen LogP) is 4.51. The molecule has 7 nitrogen and oxygen atoms in total. The number of aliphatic imine (C=N–C) groups is 1. The van der Waals surface area contributed by atoms with Gasteiger partial charge in [0.05, 0.1) is 23.1 Å². The first-order chi connectivity index (χ1) is 17.1. The van der Waals surface area contributed by atoms with Crippen LogP contribution in [0.3, 0.4) is 0 Å². The second-order valence-corrected chi connectivity index (χ2v) is 8.67. The van der Waals surface area contributed by atoms with Crippen LogP contribution in [0.1, 0.15) is 21.7 Å². The van der Waals surface area contributed by atoms with E-state index in [4.69, 9.17) is 4.42 Å². The van der Waals surface area contributed by atoms with Crippen molar-refractivity contribution in [2.45, 2.75) is 6.54 Å². The number of furan rings is 1. The number of aromatic nitrogens is 1. The third kappa shape index (κ3) is 5.07. The molecule has 1 aliphatic heterocycles. The summed E-state index contributed by atoms with van der Waals surface area (Å²) in [5.74, 6) is -0.490. The summed E-state index contributed by atoms with van der Waals surface area (Å²) in [5.41, 5.74) is 2.30. The standard InChI is InChI=1S/C27H19N3O4S/c31-25-24(15-22-11-12-23(34-22)19-7-4-8-20(14-19)26(32)33)35-27(29-21-9-2-1-3-10-21)30(25)17-18-6-5-13-28-16-18/h1-16H,17H2,(H,32,33)/p-1/b24-15-,29-27?. The summed E-state index contributed by atoms with van der Waals surface area (Å²) in [6, 6.07) is 23.0. The van der Waals surface area contributed by atoms with Crippen LogP contribution in [0.5, 0.6) is 0 Å². The van der Waals surface area contributed by atoms with Gasteiger partial charge in [-0.05, 0) is 59.3 Å². The molecule has 0 N–H and O–H groups in total. The summed E-state index contributed by atoms with van der Waals surface area (Å²) in [5, 5.41) is 11.7. The number of thioether (sulfide) groups is 1. The summed E-state index contributed by atoms with van der Waals surface area (Å²) in [6.07, 6.45) is 5.08. The lowest BCUT2D eigenvalue weighted by atomic mass is 10.1. The summed E-state index contributed by atoms with van der Waals surface area (Å²) in [7, 11) is 0. The number of hydrogen-bond donors (Lipinski definition) is 0. The zero-order valence-corrected chi connectivity index (χ0v) is 19.1. The highest BCUT2D eigenvalue weighted by Crippen LogP contribution is 2.36. The van der Waals surface area contributed by atoms with Gasteiger partial charge in [0.25, 0.3) is 5.91 Å². The first kappa shape index (κ1) is 22.4. The van der Waals surface area contributed by atoms with Crippen LogP contribution < -0.4 is 5.11 Å². The lowest BCUT2D eigenvalue weighted by molar-refractivity contribution is -0.255. The minimum atomic E-state index is -1.26. The quantitative estimate of drug-likeness (QED) is 0.377. The zero-order chi connectivity index (χ0) is 24.2. The van der Waals surface area contributed by atoms with Gasteiger partial charge in [0.2, 0.25) is 0 Å². The third-order valence-electron chi connectivity index (χ3n) is 5.22. The van der Waals surface area contributed by atoms with Gasteiger partial charge < -0.3 is 14.3 Å². The summed E-state index contributed by atoms with van der Waals surface area (Å²) < 4.78 is 5.90. The Hall–Kier alpha value is -4.43. The molecule has 8 heteroatoms. The Kier molecular flexibility index (Phi) is 6.28. The largest absolute Gasteiger partial charge is 0.545 e. The van der Waals surface area contributed by atoms with Crippen LogP contribution in [0, 0.1) is 0 Å². The summed E-state index contributed by atoms with van der Waals surface area (Å²) >= 11 is 1.27. The highest BCUT2D eigenvalue weighted by molar-refractivity contribution is 8.18. The van der Waals surface area contributed by atoms with Gasteiger partial charge in [0.1, 0.15) is 11.5 Å². The molecule has 0 bridgehead atoms. The SMILES string of the molecule is O=C([O-])c1cccc(-c2ccc(/C=C3\SC(=Nc4ccccc4)N(Cc4cccnc4)C3=O)o2)c1.